The summed E-state index contributed by atoms with van der Waals surface area (Å²) >= 11 is 0. The van der Waals surface area contributed by atoms with Gasteiger partial charge >= 0.3 is 0 Å². The van der Waals surface area contributed by atoms with Crippen LogP contribution in [0.15, 0.2) is 30.6 Å². The summed E-state index contributed by atoms with van der Waals surface area (Å²) in [6.07, 6.45) is 6.37. The van der Waals surface area contributed by atoms with Crippen LogP contribution in [0.2, 0.25) is 0 Å². The van der Waals surface area contributed by atoms with Crippen LogP contribution in [-0.2, 0) is 17.2 Å². The normalized spacial score (nSPS) is 26.8. The van der Waals surface area contributed by atoms with Gasteiger partial charge < -0.3 is 14.8 Å². The number of methoxy groups -OCH3 is 1. The topological polar surface area (TPSA) is 48.3 Å². The van der Waals surface area contributed by atoms with Crippen molar-refractivity contribution in [3.8, 4) is 5.75 Å². The Kier molecular flexibility index (Phi) is 4.53. The highest BCUT2D eigenvalue weighted by atomic mass is 16.5. The van der Waals surface area contributed by atoms with Crippen LogP contribution >= 0.6 is 0 Å². The first-order chi connectivity index (χ1) is 12.5. The number of fused-ring (bicyclic) bond motifs is 1. The highest BCUT2D eigenvalue weighted by Gasteiger charge is 2.38. The van der Waals surface area contributed by atoms with Gasteiger partial charge in [0.1, 0.15) is 5.75 Å². The molecule has 0 saturated carbocycles. The van der Waals surface area contributed by atoms with E-state index in [1.54, 1.807) is 7.11 Å². The molecule has 1 aliphatic carbocycles. The van der Waals surface area contributed by atoms with E-state index in [1.165, 1.54) is 16.7 Å². The predicted molar refractivity (Wildman–Crippen MR) is 101 cm³/mol. The summed E-state index contributed by atoms with van der Waals surface area (Å²) in [6.45, 7) is 6.44. The molecular formula is C21H29N3O2. The number of ether oxygens (including phenoxy) is 2. The second-order valence-electron chi connectivity index (χ2n) is 8.29. The molecule has 26 heavy (non-hydrogen) atoms. The maximum atomic E-state index is 6.01. The average Bonchev–Trinajstić information content (AvgIpc) is 3.31. The molecule has 1 saturated heterocycles. The molecule has 1 aromatic carbocycles. The van der Waals surface area contributed by atoms with Crippen molar-refractivity contribution in [2.75, 3.05) is 20.3 Å². The van der Waals surface area contributed by atoms with Crippen LogP contribution in [0, 0.1) is 5.92 Å². The lowest BCUT2D eigenvalue weighted by molar-refractivity contribution is 0.0896. The van der Waals surface area contributed by atoms with Crippen molar-refractivity contribution in [2.24, 2.45) is 13.0 Å². The van der Waals surface area contributed by atoms with Crippen molar-refractivity contribution in [1.82, 2.24) is 15.1 Å². The van der Waals surface area contributed by atoms with Crippen LogP contribution in [0.3, 0.4) is 0 Å². The number of benzene rings is 1. The number of aryl methyl sites for hydroxylation is 1. The average molecular weight is 355 g/mol. The summed E-state index contributed by atoms with van der Waals surface area (Å²) < 4.78 is 13.3. The Hall–Kier alpha value is -1.85. The zero-order valence-corrected chi connectivity index (χ0v) is 16.2. The molecular weight excluding hydrogens is 326 g/mol. The fourth-order valence-electron chi connectivity index (χ4n) is 4.56. The van der Waals surface area contributed by atoms with Gasteiger partial charge in [0.15, 0.2) is 0 Å². The molecule has 1 aliphatic heterocycles. The molecule has 4 rings (SSSR count). The van der Waals surface area contributed by atoms with E-state index in [9.17, 15) is 0 Å². The van der Waals surface area contributed by atoms with E-state index in [0.717, 1.165) is 31.7 Å². The number of hydrogen-bond donors (Lipinski definition) is 1. The molecule has 1 fully saturated rings. The second kappa shape index (κ2) is 6.71. The van der Waals surface area contributed by atoms with Gasteiger partial charge in [0.25, 0.3) is 0 Å². The summed E-state index contributed by atoms with van der Waals surface area (Å²) in [5.41, 5.74) is 4.17. The van der Waals surface area contributed by atoms with Gasteiger partial charge in [0.2, 0.25) is 0 Å². The van der Waals surface area contributed by atoms with E-state index in [1.807, 2.05) is 17.9 Å². The van der Waals surface area contributed by atoms with Crippen molar-refractivity contribution in [3.63, 3.8) is 0 Å². The lowest BCUT2D eigenvalue weighted by atomic mass is 9.86. The van der Waals surface area contributed by atoms with Gasteiger partial charge in [0, 0.05) is 43.9 Å². The minimum Gasteiger partial charge on any atom is -0.497 e. The van der Waals surface area contributed by atoms with Gasteiger partial charge in [-0.2, -0.15) is 5.10 Å². The largest absolute Gasteiger partial charge is 0.497 e. The fraction of sp³-hybridized carbons (Fsp3) is 0.571. The standard InChI is InChI=1S/C21H29N3O2/c1-21(2)10-19(17-6-5-16(25-4)9-18(17)21)22-11-14-7-8-26-20(14)15-12-23-24(3)13-15/h5-6,9,12-14,19-20,22H,7-8,10-11H2,1-4H3/t14-,19?,20+/m0/s1. The molecule has 0 spiro atoms. The first kappa shape index (κ1) is 17.6. The fourth-order valence-corrected chi connectivity index (χ4v) is 4.56. The lowest BCUT2D eigenvalue weighted by Gasteiger charge is -2.22. The summed E-state index contributed by atoms with van der Waals surface area (Å²) in [4.78, 5) is 0. The Labute approximate surface area is 155 Å². The Morgan fingerprint density at radius 2 is 2.23 bits per heavy atom. The van der Waals surface area contributed by atoms with Crippen molar-refractivity contribution in [1.29, 1.82) is 0 Å². The van der Waals surface area contributed by atoms with E-state index in [0.29, 0.717) is 12.0 Å². The summed E-state index contributed by atoms with van der Waals surface area (Å²) in [6, 6.07) is 6.89. The van der Waals surface area contributed by atoms with Gasteiger partial charge in [-0.1, -0.05) is 19.9 Å². The van der Waals surface area contributed by atoms with Crippen molar-refractivity contribution >= 4 is 0 Å². The van der Waals surface area contributed by atoms with Crippen molar-refractivity contribution < 1.29 is 9.47 Å². The second-order valence-corrected chi connectivity index (χ2v) is 8.29. The molecule has 2 heterocycles. The Morgan fingerprint density at radius 1 is 1.38 bits per heavy atom. The third-order valence-electron chi connectivity index (χ3n) is 5.97. The third-order valence-corrected chi connectivity index (χ3v) is 5.97. The lowest BCUT2D eigenvalue weighted by Crippen LogP contribution is -2.28. The first-order valence-corrected chi connectivity index (χ1v) is 9.50. The molecule has 0 radical (unpaired) electrons. The zero-order valence-electron chi connectivity index (χ0n) is 16.2. The van der Waals surface area contributed by atoms with E-state index in [-0.39, 0.29) is 11.5 Å². The molecule has 2 aromatic rings. The number of nitrogens with zero attached hydrogens (tertiary/aromatic N) is 2. The number of hydrogen-bond acceptors (Lipinski definition) is 4. The van der Waals surface area contributed by atoms with Crippen molar-refractivity contribution in [2.45, 2.75) is 44.2 Å². The molecule has 0 amide bonds. The first-order valence-electron chi connectivity index (χ1n) is 9.50. The van der Waals surface area contributed by atoms with Crippen LogP contribution in [0.5, 0.6) is 5.75 Å². The predicted octanol–water partition coefficient (Wildman–Crippen LogP) is 3.52. The maximum Gasteiger partial charge on any atom is 0.119 e. The summed E-state index contributed by atoms with van der Waals surface area (Å²) in [7, 11) is 3.69. The van der Waals surface area contributed by atoms with Gasteiger partial charge in [-0.3, -0.25) is 4.68 Å². The SMILES string of the molecule is COc1ccc2c(c1)C(C)(C)CC2NC[C@@H]1CCO[C@H]1c1cnn(C)c1. The number of nitrogens with one attached hydrogen (secondary N) is 1. The van der Waals surface area contributed by atoms with Gasteiger partial charge in [-0.15, -0.1) is 0 Å². The minimum atomic E-state index is 0.154. The molecule has 0 bridgehead atoms. The molecule has 1 aromatic heterocycles. The zero-order chi connectivity index (χ0) is 18.3. The minimum absolute atomic E-state index is 0.154. The van der Waals surface area contributed by atoms with Crippen LogP contribution in [0.4, 0.5) is 0 Å². The molecule has 140 valence electrons. The number of rotatable bonds is 5. The van der Waals surface area contributed by atoms with Crippen LogP contribution in [0.25, 0.3) is 0 Å². The molecule has 5 nitrogen and oxygen atoms in total. The van der Waals surface area contributed by atoms with Gasteiger partial charge in [-0.05, 0) is 41.5 Å². The third kappa shape index (κ3) is 3.14. The monoisotopic (exact) mass is 355 g/mol. The van der Waals surface area contributed by atoms with E-state index in [2.05, 4.69) is 48.7 Å². The Morgan fingerprint density at radius 3 is 2.96 bits per heavy atom. The quantitative estimate of drug-likeness (QED) is 0.891. The highest BCUT2D eigenvalue weighted by molar-refractivity contribution is 5.45. The van der Waals surface area contributed by atoms with E-state index < -0.39 is 0 Å². The number of aromatic nitrogens is 2. The molecule has 2 aliphatic rings. The van der Waals surface area contributed by atoms with E-state index in [4.69, 9.17) is 9.47 Å². The molecule has 1 N–H and O–H groups in total. The Balaban J connectivity index is 1.47. The molecule has 1 unspecified atom stereocenters. The summed E-state index contributed by atoms with van der Waals surface area (Å²) in [5.74, 6) is 1.43. The van der Waals surface area contributed by atoms with Crippen LogP contribution < -0.4 is 10.1 Å². The van der Waals surface area contributed by atoms with Crippen LogP contribution in [0.1, 0.15) is 55.5 Å². The van der Waals surface area contributed by atoms with Crippen LogP contribution in [-0.4, -0.2) is 30.0 Å². The molecule has 5 heteroatoms. The van der Waals surface area contributed by atoms with Gasteiger partial charge in [0.05, 0.1) is 19.4 Å². The van der Waals surface area contributed by atoms with Gasteiger partial charge in [-0.25, -0.2) is 0 Å². The highest BCUT2D eigenvalue weighted by Crippen LogP contribution is 2.46. The van der Waals surface area contributed by atoms with Crippen molar-refractivity contribution in [3.05, 3.63) is 47.3 Å². The van der Waals surface area contributed by atoms with E-state index >= 15 is 0 Å². The molecule has 3 atom stereocenters. The maximum absolute atomic E-state index is 6.01. The Bertz CT molecular complexity index is 783. The smallest absolute Gasteiger partial charge is 0.119 e. The summed E-state index contributed by atoms with van der Waals surface area (Å²) in [5, 5.41) is 8.13.